The second-order valence-electron chi connectivity index (χ2n) is 16.5. The van der Waals surface area contributed by atoms with Crippen molar-refractivity contribution in [2.24, 2.45) is 5.41 Å². The van der Waals surface area contributed by atoms with Crippen molar-refractivity contribution in [3.8, 4) is 0 Å². The average Bonchev–Trinajstić information content (AvgIpc) is 3.82. The molecule has 0 aromatic carbocycles. The van der Waals surface area contributed by atoms with Crippen LogP contribution in [0.3, 0.4) is 0 Å². The molecule has 0 aliphatic carbocycles. The molecule has 0 radical (unpaired) electrons. The lowest BCUT2D eigenvalue weighted by Crippen LogP contribution is -2.46. The molecule has 1 aliphatic rings. The number of phosphoric acid groups is 3. The van der Waals surface area contributed by atoms with Crippen LogP contribution in [0.4, 0.5) is 5.82 Å². The number of amides is 2. The number of fused-ring (bicyclic) bond motifs is 1. The normalized spacial score (nSPS) is 20.7. The summed E-state index contributed by atoms with van der Waals surface area (Å²) in [5, 5.41) is 36.7. The summed E-state index contributed by atoms with van der Waals surface area (Å²) < 4.78 is 62.4. The molecular formula is C39H66N7O18P3S. The van der Waals surface area contributed by atoms with Gasteiger partial charge in [-0.1, -0.05) is 95.4 Å². The van der Waals surface area contributed by atoms with Gasteiger partial charge < -0.3 is 56.0 Å². The third-order valence-corrected chi connectivity index (χ3v) is 14.2. The fourth-order valence-corrected chi connectivity index (χ4v) is 10.0. The number of carbonyl (C=O) groups is 3. The predicted molar refractivity (Wildman–Crippen MR) is 248 cm³/mol. The van der Waals surface area contributed by atoms with Crippen molar-refractivity contribution < 1.29 is 85.6 Å². The van der Waals surface area contributed by atoms with Gasteiger partial charge in [-0.25, -0.2) is 28.6 Å². The van der Waals surface area contributed by atoms with Crippen LogP contribution in [0.5, 0.6) is 0 Å². The third kappa shape index (κ3) is 21.6. The highest BCUT2D eigenvalue weighted by atomic mass is 32.2. The summed E-state index contributed by atoms with van der Waals surface area (Å²) in [7, 11) is -16.4. The second-order valence-corrected chi connectivity index (χ2v) is 21.9. The Kier molecular flexibility index (Phi) is 25.1. The fourth-order valence-electron chi connectivity index (χ4n) is 6.48. The third-order valence-electron chi connectivity index (χ3n) is 10.2. The molecule has 8 unspecified atom stereocenters. The SMILES string of the molecule is CCCC/C=C/C=C/CC(O)CCCCCCCC(=O)SCCNC(=O)CCNC(=O)C(O)C(C)(C)COP(=O)(O)OP(=O)(O)OCC1OC(n2cnc3c(N)ncnc32)C(O)C1OP(=O)(O)O. The Bertz CT molecular complexity index is 2130. The van der Waals surface area contributed by atoms with Crippen LogP contribution >= 0.6 is 35.2 Å². The number of hydrogen-bond donors (Lipinski definition) is 10. The van der Waals surface area contributed by atoms with Gasteiger partial charge in [-0.15, -0.1) is 0 Å². The number of rotatable bonds is 33. The number of hydrogen-bond acceptors (Lipinski definition) is 19. The highest BCUT2D eigenvalue weighted by Crippen LogP contribution is 2.61. The Morgan fingerprint density at radius 2 is 1.63 bits per heavy atom. The number of thioether (sulfide) groups is 1. The minimum atomic E-state index is -5.58. The van der Waals surface area contributed by atoms with Gasteiger partial charge in [0, 0.05) is 37.1 Å². The summed E-state index contributed by atoms with van der Waals surface area (Å²) in [6, 6.07) is 0. The van der Waals surface area contributed by atoms with Gasteiger partial charge in [-0.05, 0) is 25.7 Å². The molecule has 3 rings (SSSR count). The predicted octanol–water partition coefficient (Wildman–Crippen LogP) is 3.45. The standard InChI is InChI=1S/C39H66N7O18P3S/c1-4-5-6-7-8-10-13-16-27(47)17-14-11-9-12-15-18-30(49)68-22-21-41-29(48)19-20-42-37(52)34(51)39(2,3)24-61-67(58,59)64-66(56,57)60-23-28-33(63-65(53,54)55)32(50)38(62-28)46-26-45-31-35(40)43-25-44-36(31)46/h7-8,10,13,25-28,32-34,38,47,50-51H,4-6,9,11-12,14-24H2,1-3H3,(H,41,48)(H,42,52)(H,56,57)(H,58,59)(H2,40,43,44)(H2,53,54,55)/b8-7+,13-10+. The van der Waals surface area contributed by atoms with Crippen LogP contribution in [0.15, 0.2) is 37.0 Å². The number of aliphatic hydroxyl groups excluding tert-OH is 3. The number of imidazole rings is 1. The molecule has 2 aromatic heterocycles. The Hall–Kier alpha value is -3.00. The summed E-state index contributed by atoms with van der Waals surface area (Å²) in [5.74, 6) is -1.10. The van der Waals surface area contributed by atoms with Gasteiger partial charge in [0.05, 0.1) is 25.6 Å². The monoisotopic (exact) mass is 1050 g/mol. The first kappa shape index (κ1) is 59.3. The molecular weight excluding hydrogens is 979 g/mol. The molecule has 0 saturated carbocycles. The number of nitrogens with one attached hydrogen (secondary N) is 2. The molecule has 2 amide bonds. The lowest BCUT2D eigenvalue weighted by molar-refractivity contribution is -0.137. The zero-order valence-electron chi connectivity index (χ0n) is 38.2. The van der Waals surface area contributed by atoms with E-state index in [1.165, 1.54) is 26.7 Å². The first-order valence-electron chi connectivity index (χ1n) is 22.0. The van der Waals surface area contributed by atoms with E-state index in [1.807, 2.05) is 18.2 Å². The van der Waals surface area contributed by atoms with Crippen molar-refractivity contribution in [1.29, 1.82) is 0 Å². The lowest BCUT2D eigenvalue weighted by Gasteiger charge is -2.30. The molecule has 0 bridgehead atoms. The number of phosphoric ester groups is 3. The average molecular weight is 1050 g/mol. The quantitative estimate of drug-likeness (QED) is 0.0278. The van der Waals surface area contributed by atoms with E-state index in [1.54, 1.807) is 0 Å². The highest BCUT2D eigenvalue weighted by Gasteiger charge is 2.50. The summed E-state index contributed by atoms with van der Waals surface area (Å²) >= 11 is 1.11. The molecule has 1 saturated heterocycles. The Morgan fingerprint density at radius 1 is 0.941 bits per heavy atom. The van der Waals surface area contributed by atoms with Gasteiger partial charge in [0.15, 0.2) is 22.8 Å². The number of aromatic nitrogens is 4. The van der Waals surface area contributed by atoms with Crippen molar-refractivity contribution in [3.63, 3.8) is 0 Å². The number of nitrogens with zero attached hydrogens (tertiary/aromatic N) is 4. The number of carbonyl (C=O) groups excluding carboxylic acids is 3. The highest BCUT2D eigenvalue weighted by molar-refractivity contribution is 8.13. The van der Waals surface area contributed by atoms with Gasteiger partial charge in [0.25, 0.3) is 0 Å². The number of nitrogens with two attached hydrogens (primary N) is 1. The maximum absolute atomic E-state index is 12.7. The lowest BCUT2D eigenvalue weighted by atomic mass is 9.87. The zero-order valence-corrected chi connectivity index (χ0v) is 41.7. The van der Waals surface area contributed by atoms with Crippen molar-refractivity contribution in [2.45, 2.75) is 135 Å². The number of unbranched alkanes of at least 4 members (excludes halogenated alkanes) is 6. The molecule has 1 aliphatic heterocycles. The van der Waals surface area contributed by atoms with Gasteiger partial charge in [-0.2, -0.15) is 4.31 Å². The molecule has 11 N–H and O–H groups in total. The van der Waals surface area contributed by atoms with Crippen LogP contribution in [-0.4, -0.2) is 134 Å². The Labute approximate surface area is 398 Å². The van der Waals surface area contributed by atoms with Crippen molar-refractivity contribution >= 4 is 69.1 Å². The van der Waals surface area contributed by atoms with Gasteiger partial charge in [-0.3, -0.25) is 32.5 Å². The summed E-state index contributed by atoms with van der Waals surface area (Å²) in [5.41, 5.74) is 4.26. The number of allylic oxidation sites excluding steroid dienone is 3. The summed E-state index contributed by atoms with van der Waals surface area (Å²) in [6.45, 7) is 2.64. The first-order chi connectivity index (χ1) is 31.9. The van der Waals surface area contributed by atoms with E-state index in [9.17, 15) is 63.0 Å². The van der Waals surface area contributed by atoms with Crippen LogP contribution in [0.2, 0.25) is 0 Å². The van der Waals surface area contributed by atoms with E-state index in [0.29, 0.717) is 18.6 Å². The molecule has 25 nitrogen and oxygen atoms in total. The minimum Gasteiger partial charge on any atom is -0.393 e. The van der Waals surface area contributed by atoms with E-state index in [0.717, 1.165) is 73.9 Å². The molecule has 68 heavy (non-hydrogen) atoms. The van der Waals surface area contributed by atoms with Gasteiger partial charge in [0.1, 0.15) is 36.3 Å². The fraction of sp³-hybridized carbons (Fsp3) is 0.692. The smallest absolute Gasteiger partial charge is 0.393 e. The van der Waals surface area contributed by atoms with E-state index in [-0.39, 0.29) is 47.7 Å². The van der Waals surface area contributed by atoms with Gasteiger partial charge in [0.2, 0.25) is 11.8 Å². The minimum absolute atomic E-state index is 0.0159. The maximum atomic E-state index is 12.7. The molecule has 2 aromatic rings. The Morgan fingerprint density at radius 3 is 2.35 bits per heavy atom. The molecule has 3 heterocycles. The van der Waals surface area contributed by atoms with Crippen molar-refractivity contribution in [2.75, 3.05) is 37.8 Å². The van der Waals surface area contributed by atoms with Crippen molar-refractivity contribution in [1.82, 2.24) is 30.2 Å². The van der Waals surface area contributed by atoms with Crippen LogP contribution in [0.25, 0.3) is 11.2 Å². The van der Waals surface area contributed by atoms with E-state index in [2.05, 4.69) is 47.4 Å². The molecule has 29 heteroatoms. The van der Waals surface area contributed by atoms with Crippen molar-refractivity contribution in [3.05, 3.63) is 37.0 Å². The van der Waals surface area contributed by atoms with Crippen LogP contribution in [-0.2, 0) is 50.7 Å². The summed E-state index contributed by atoms with van der Waals surface area (Å²) in [6.07, 6.45) is 10.6. The van der Waals surface area contributed by atoms with E-state index in [4.69, 9.17) is 19.5 Å². The van der Waals surface area contributed by atoms with Gasteiger partial charge >= 0.3 is 23.5 Å². The summed E-state index contributed by atoms with van der Waals surface area (Å²) in [4.78, 5) is 88.3. The molecule has 8 atom stereocenters. The number of nitrogen functional groups attached to an aromatic ring is 1. The topological polar surface area (TPSA) is 384 Å². The molecule has 386 valence electrons. The van der Waals surface area contributed by atoms with Crippen LogP contribution < -0.4 is 16.4 Å². The van der Waals surface area contributed by atoms with E-state index < -0.39 is 84.6 Å². The maximum Gasteiger partial charge on any atom is 0.481 e. The molecule has 1 fully saturated rings. The first-order valence-corrected chi connectivity index (χ1v) is 27.5. The van der Waals surface area contributed by atoms with Crippen LogP contribution in [0.1, 0.15) is 104 Å². The van der Waals surface area contributed by atoms with Crippen LogP contribution in [0, 0.1) is 5.41 Å². The molecule has 0 spiro atoms. The van der Waals surface area contributed by atoms with E-state index >= 15 is 0 Å². The number of aliphatic hydroxyl groups is 3. The second kappa shape index (κ2) is 28.7. The number of ether oxygens (including phenoxy) is 1. The number of anilines is 1. The largest absolute Gasteiger partial charge is 0.481 e. The zero-order chi connectivity index (χ0) is 50.5. The Balaban J connectivity index is 1.31.